The van der Waals surface area contributed by atoms with Gasteiger partial charge in [-0.3, -0.25) is 34.0 Å². The van der Waals surface area contributed by atoms with Crippen molar-refractivity contribution in [3.05, 3.63) is 93.4 Å². The number of hydrogen-bond donors (Lipinski definition) is 0. The molecule has 0 radical (unpaired) electrons. The predicted molar refractivity (Wildman–Crippen MR) is 146 cm³/mol. The lowest BCUT2D eigenvalue weighted by atomic mass is 9.89. The van der Waals surface area contributed by atoms with E-state index in [0.29, 0.717) is 16.9 Å². The van der Waals surface area contributed by atoms with E-state index >= 15 is 0 Å². The number of amides is 1. The second-order valence-corrected chi connectivity index (χ2v) is 11.3. The molecule has 0 N–H and O–H groups in total. The maximum Gasteiger partial charge on any atom is 0.355 e. The quantitative estimate of drug-likeness (QED) is 0.0971. The Morgan fingerprint density at radius 2 is 1.98 bits per heavy atom. The number of esters is 2. The maximum absolute atomic E-state index is 13.6. The van der Waals surface area contributed by atoms with Crippen LogP contribution in [0.4, 0.5) is 5.69 Å². The molecule has 0 saturated carbocycles. The van der Waals surface area contributed by atoms with Crippen LogP contribution in [-0.2, 0) is 30.5 Å². The van der Waals surface area contributed by atoms with Crippen LogP contribution in [0.5, 0.6) is 0 Å². The highest BCUT2D eigenvalue weighted by Gasteiger charge is 2.69. The molecule has 3 atom stereocenters. The first-order chi connectivity index (χ1) is 19.2. The van der Waals surface area contributed by atoms with Crippen molar-refractivity contribution >= 4 is 67.9 Å². The average molecular weight is 624 g/mol. The number of carbonyl (C=O) groups is 3. The molecule has 6 rings (SSSR count). The van der Waals surface area contributed by atoms with Gasteiger partial charge in [-0.2, -0.15) is 0 Å². The number of fused-ring (bicyclic) bond motifs is 4. The second-order valence-electron chi connectivity index (χ2n) is 9.06. The summed E-state index contributed by atoms with van der Waals surface area (Å²) in [5, 5.41) is 11.7. The largest absolute Gasteiger partial charge is 0.456 e. The molecule has 40 heavy (non-hydrogen) atoms. The predicted octanol–water partition coefficient (Wildman–Crippen LogP) is 4.03. The molecule has 4 heterocycles. The number of β-lactam (4-membered cyclic amide) rings is 1. The molecule has 1 fully saturated rings. The zero-order chi connectivity index (χ0) is 28.2. The highest BCUT2D eigenvalue weighted by Crippen LogP contribution is 2.58. The van der Waals surface area contributed by atoms with Gasteiger partial charge in [0.05, 0.1) is 22.2 Å². The lowest BCUT2D eigenvalue weighted by molar-refractivity contribution is -0.384. The molecule has 14 heteroatoms. The van der Waals surface area contributed by atoms with E-state index in [2.05, 4.69) is 25.9 Å². The minimum Gasteiger partial charge on any atom is -0.456 e. The van der Waals surface area contributed by atoms with Gasteiger partial charge in [0.15, 0.2) is 16.1 Å². The summed E-state index contributed by atoms with van der Waals surface area (Å²) in [6.07, 6.45) is 2.20. The third kappa shape index (κ3) is 4.10. The van der Waals surface area contributed by atoms with Gasteiger partial charge in [0, 0.05) is 30.7 Å². The van der Waals surface area contributed by atoms with Crippen LogP contribution in [-0.4, -0.2) is 51.7 Å². The Kier molecular flexibility index (Phi) is 6.30. The molecule has 2 aliphatic rings. The van der Waals surface area contributed by atoms with E-state index < -0.39 is 38.6 Å². The van der Waals surface area contributed by atoms with Gasteiger partial charge >= 0.3 is 11.9 Å². The number of non-ortho nitro benzene ring substituents is 1. The molecule has 1 saturated heterocycles. The van der Waals surface area contributed by atoms with Crippen LogP contribution in [0.1, 0.15) is 24.3 Å². The summed E-state index contributed by atoms with van der Waals surface area (Å²) in [7, 11) is 0. The molecular formula is C26H18BrN5O7S. The number of nitro benzene ring substituents is 1. The van der Waals surface area contributed by atoms with E-state index in [1.807, 2.05) is 28.7 Å². The zero-order valence-electron chi connectivity index (χ0n) is 20.6. The van der Waals surface area contributed by atoms with E-state index in [-0.39, 0.29) is 18.0 Å². The van der Waals surface area contributed by atoms with Gasteiger partial charge in [-0.1, -0.05) is 28.1 Å². The van der Waals surface area contributed by atoms with Crippen molar-refractivity contribution in [3.63, 3.8) is 0 Å². The Morgan fingerprint density at radius 1 is 1.23 bits per heavy atom. The summed E-state index contributed by atoms with van der Waals surface area (Å²) in [6.45, 7) is 1.11. The number of alkyl halides is 1. The van der Waals surface area contributed by atoms with Gasteiger partial charge in [0.2, 0.25) is 0 Å². The topological polar surface area (TPSA) is 146 Å². The number of aromatic nitrogens is 3. The van der Waals surface area contributed by atoms with E-state index in [1.54, 1.807) is 12.4 Å². The van der Waals surface area contributed by atoms with Gasteiger partial charge in [-0.25, -0.2) is 9.78 Å². The normalized spacial score (nSPS) is 20.6. The fourth-order valence-electron chi connectivity index (χ4n) is 4.68. The van der Waals surface area contributed by atoms with E-state index in [4.69, 9.17) is 9.47 Å². The Hall–Kier alpha value is -4.30. The number of ether oxygens (including phenoxy) is 2. The molecule has 0 aliphatic carbocycles. The molecule has 12 nitrogen and oxygen atoms in total. The van der Waals surface area contributed by atoms with Crippen LogP contribution >= 0.6 is 27.7 Å². The molecule has 2 aromatic heterocycles. The van der Waals surface area contributed by atoms with Gasteiger partial charge in [-0.15, -0.1) is 11.8 Å². The minimum absolute atomic E-state index is 0.0451. The number of nitro groups is 1. The molecule has 2 aliphatic heterocycles. The number of halogens is 1. The van der Waals surface area contributed by atoms with Crippen molar-refractivity contribution in [2.75, 3.05) is 0 Å². The Morgan fingerprint density at radius 3 is 2.70 bits per heavy atom. The van der Waals surface area contributed by atoms with Crippen LogP contribution in [0.2, 0.25) is 0 Å². The number of thioether (sulfide) groups is 1. The van der Waals surface area contributed by atoms with E-state index in [1.165, 1.54) is 53.3 Å². The van der Waals surface area contributed by atoms with Crippen molar-refractivity contribution in [1.29, 1.82) is 0 Å². The number of imidazole rings is 1. The standard InChI is InChI=1S/C26H18BrN5O7S/c1-14(33)39-22(18-11-30-19-5-3-2-4-17(19)28-10-21(30)29-18)26(27)24(35)31-20(13-40-25(26)31)23(34)38-12-15-6-8-16(9-7-15)32(36)37/h2-11,13,22,25H,12H2,1H3. The Bertz CT molecular complexity index is 1760. The van der Waals surface area contributed by atoms with E-state index in [9.17, 15) is 24.5 Å². The van der Waals surface area contributed by atoms with Crippen LogP contribution in [0.15, 0.2) is 72.0 Å². The first kappa shape index (κ1) is 26.0. The van der Waals surface area contributed by atoms with Crippen LogP contribution in [0.3, 0.4) is 0 Å². The van der Waals surface area contributed by atoms with E-state index in [0.717, 1.165) is 11.0 Å². The summed E-state index contributed by atoms with van der Waals surface area (Å²) in [5.41, 5.74) is 2.91. The van der Waals surface area contributed by atoms with Crippen molar-refractivity contribution in [2.45, 2.75) is 29.3 Å². The maximum atomic E-state index is 13.6. The molecule has 4 aromatic rings. The van der Waals surface area contributed by atoms with Crippen molar-refractivity contribution in [3.8, 4) is 0 Å². The summed E-state index contributed by atoms with van der Waals surface area (Å²) in [5.74, 6) is -1.83. The summed E-state index contributed by atoms with van der Waals surface area (Å²) >= 11 is 4.76. The minimum atomic E-state index is -1.40. The molecule has 0 bridgehead atoms. The third-order valence-corrected chi connectivity index (χ3v) is 9.27. The first-order valence-electron chi connectivity index (χ1n) is 11.9. The molecular weight excluding hydrogens is 606 g/mol. The van der Waals surface area contributed by atoms with Crippen LogP contribution < -0.4 is 0 Å². The highest BCUT2D eigenvalue weighted by atomic mass is 79.9. The zero-order valence-corrected chi connectivity index (χ0v) is 23.0. The SMILES string of the molecule is CC(=O)OC(c1cn2c(cnc3ccccc32)n1)C1(Br)C(=O)N2C(C(=O)OCc3ccc([N+](=O)[O-])cc3)=CSC21. The smallest absolute Gasteiger partial charge is 0.355 e. The third-order valence-electron chi connectivity index (χ3n) is 6.58. The number of para-hydroxylation sites is 2. The fourth-order valence-corrected chi connectivity index (χ4v) is 6.95. The van der Waals surface area contributed by atoms with Crippen molar-refractivity contribution in [2.24, 2.45) is 0 Å². The Balaban J connectivity index is 1.23. The number of benzene rings is 2. The van der Waals surface area contributed by atoms with Crippen LogP contribution in [0, 0.1) is 10.1 Å². The molecule has 202 valence electrons. The average Bonchev–Trinajstić information content (AvgIpc) is 3.58. The summed E-state index contributed by atoms with van der Waals surface area (Å²) in [6, 6.07) is 13.1. The number of nitrogens with zero attached hydrogens (tertiary/aromatic N) is 5. The number of hydrogen-bond acceptors (Lipinski definition) is 10. The van der Waals surface area contributed by atoms with Gasteiger partial charge in [0.25, 0.3) is 11.6 Å². The lowest BCUT2D eigenvalue weighted by Gasteiger charge is -2.51. The van der Waals surface area contributed by atoms with Crippen molar-refractivity contribution < 1.29 is 28.8 Å². The second kappa shape index (κ2) is 9.71. The van der Waals surface area contributed by atoms with Gasteiger partial charge < -0.3 is 9.47 Å². The first-order valence-corrected chi connectivity index (χ1v) is 13.6. The number of rotatable bonds is 7. The molecule has 0 spiro atoms. The highest BCUT2D eigenvalue weighted by molar-refractivity contribution is 9.10. The van der Waals surface area contributed by atoms with Gasteiger partial charge in [-0.05, 0) is 29.8 Å². The fraction of sp³-hybridized carbons (Fsp3) is 0.192. The van der Waals surface area contributed by atoms with Crippen molar-refractivity contribution in [1.82, 2.24) is 19.3 Å². The molecule has 1 amide bonds. The summed E-state index contributed by atoms with van der Waals surface area (Å²) < 4.78 is 11.4. The van der Waals surface area contributed by atoms with Crippen LogP contribution in [0.25, 0.3) is 16.7 Å². The number of carbonyl (C=O) groups excluding carboxylic acids is 3. The van der Waals surface area contributed by atoms with Gasteiger partial charge in [0.1, 0.15) is 23.4 Å². The summed E-state index contributed by atoms with van der Waals surface area (Å²) in [4.78, 5) is 59.2. The molecule has 3 unspecified atom stereocenters. The monoisotopic (exact) mass is 623 g/mol. The molecule has 2 aromatic carbocycles. The Labute approximate surface area is 238 Å². The lowest BCUT2D eigenvalue weighted by Crippen LogP contribution is -2.70.